The zero-order chi connectivity index (χ0) is 45.9. The smallest absolute Gasteiger partial charge is 0.470 e. The number of fused-ring (bicyclic) bond motifs is 3. The Morgan fingerprint density at radius 2 is 1.78 bits per heavy atom. The number of alkyl halides is 3. The quantitative estimate of drug-likeness (QED) is 0.0818. The van der Waals surface area contributed by atoms with Crippen molar-refractivity contribution in [3.8, 4) is 23.0 Å². The summed E-state index contributed by atoms with van der Waals surface area (Å²) in [6, 6.07) is 10.8. The number of benzene rings is 2. The van der Waals surface area contributed by atoms with Crippen molar-refractivity contribution in [2.45, 2.75) is 83.1 Å². The maximum atomic E-state index is 15.0. The lowest BCUT2D eigenvalue weighted by atomic mass is 9.77. The van der Waals surface area contributed by atoms with Crippen molar-refractivity contribution in [1.29, 1.82) is 0 Å². The number of methoxy groups -OCH3 is 1. The Morgan fingerprint density at radius 1 is 1.06 bits per heavy atom. The summed E-state index contributed by atoms with van der Waals surface area (Å²) in [5, 5.41) is 1.95. The number of furan rings is 1. The van der Waals surface area contributed by atoms with E-state index in [9.17, 15) is 40.8 Å². The Morgan fingerprint density at radius 3 is 2.42 bits per heavy atom. The van der Waals surface area contributed by atoms with Crippen molar-refractivity contribution in [2.24, 2.45) is 22.7 Å². The number of hydrogen-bond acceptors (Lipinski definition) is 14. The lowest BCUT2D eigenvalue weighted by molar-refractivity contribution is -0.274. The molecule has 15 nitrogen and oxygen atoms in total. The second kappa shape index (κ2) is 16.6. The molecule has 338 valence electrons. The highest BCUT2D eigenvalue weighted by atomic mass is 32.2. The van der Waals surface area contributed by atoms with Gasteiger partial charge in [0.2, 0.25) is 27.4 Å². The van der Waals surface area contributed by atoms with Crippen LogP contribution < -0.4 is 14.2 Å². The van der Waals surface area contributed by atoms with Gasteiger partial charge in [0.15, 0.2) is 17.3 Å². The van der Waals surface area contributed by atoms with E-state index in [4.69, 9.17) is 18.9 Å². The van der Waals surface area contributed by atoms with Gasteiger partial charge in [0.25, 0.3) is 5.88 Å². The number of ether oxygens (including phenoxy) is 3. The number of para-hydroxylation sites is 1. The van der Waals surface area contributed by atoms with Crippen molar-refractivity contribution < 1.29 is 59.4 Å². The fraction of sp³-hybridized carbons (Fsp3) is 0.432. The number of hydrogen-bond donors (Lipinski definition) is 1. The first-order valence-electron chi connectivity index (χ1n) is 20.5. The van der Waals surface area contributed by atoms with Gasteiger partial charge in [-0.1, -0.05) is 39.0 Å². The highest BCUT2D eigenvalue weighted by Gasteiger charge is 2.61. The molecule has 20 heteroatoms. The Kier molecular flexibility index (Phi) is 11.6. The van der Waals surface area contributed by atoms with Crippen LogP contribution in [0.4, 0.5) is 13.2 Å². The summed E-state index contributed by atoms with van der Waals surface area (Å²) in [4.78, 5) is 70.9. The number of aromatic nitrogens is 3. The molecule has 0 radical (unpaired) electrons. The molecule has 0 spiro atoms. The Balaban J connectivity index is 1.14. The number of likely N-dealkylation sites (tertiary alicyclic amines) is 1. The average Bonchev–Trinajstić information content (AvgIpc) is 4.07. The fourth-order valence-corrected chi connectivity index (χ4v) is 10.4. The predicted molar refractivity (Wildman–Crippen MR) is 227 cm³/mol. The molecule has 1 N–H and O–H groups in total. The second-order valence-electron chi connectivity index (χ2n) is 17.4. The van der Waals surface area contributed by atoms with Crippen LogP contribution in [0.15, 0.2) is 71.0 Å². The molecule has 0 bridgehead atoms. The van der Waals surface area contributed by atoms with E-state index < -0.39 is 85.8 Å². The van der Waals surface area contributed by atoms with Crippen LogP contribution in [0.3, 0.4) is 0 Å². The molecular weight excluding hydrogens is 880 g/mol. The maximum absolute atomic E-state index is 15.0. The number of rotatable bonds is 15. The minimum Gasteiger partial charge on any atom is -0.470 e. The van der Waals surface area contributed by atoms with E-state index in [2.05, 4.69) is 26.0 Å². The van der Waals surface area contributed by atoms with Gasteiger partial charge in [-0.15, -0.1) is 31.1 Å². The van der Waals surface area contributed by atoms with Gasteiger partial charge in [0.05, 0.1) is 35.4 Å². The van der Waals surface area contributed by atoms with Gasteiger partial charge in [0.1, 0.15) is 23.0 Å². The van der Waals surface area contributed by atoms with Gasteiger partial charge < -0.3 is 23.5 Å². The molecule has 1 saturated heterocycles. The molecule has 5 aromatic rings. The van der Waals surface area contributed by atoms with Gasteiger partial charge in [-0.3, -0.25) is 19.1 Å². The highest BCUT2D eigenvalue weighted by molar-refractivity contribution is 7.90. The molecule has 2 aromatic carbocycles. The molecule has 3 fully saturated rings. The van der Waals surface area contributed by atoms with E-state index >= 15 is 0 Å². The van der Waals surface area contributed by atoms with Gasteiger partial charge in [0, 0.05) is 41.5 Å². The number of sulfonamides is 1. The first kappa shape index (κ1) is 44.7. The van der Waals surface area contributed by atoms with Crippen LogP contribution in [0.5, 0.6) is 11.6 Å². The van der Waals surface area contributed by atoms with Crippen LogP contribution in [0, 0.1) is 22.7 Å². The lowest BCUT2D eigenvalue weighted by Gasteiger charge is -2.35. The number of esters is 1. The number of ketones is 1. The number of amides is 2. The summed E-state index contributed by atoms with van der Waals surface area (Å²) in [7, 11) is -2.71. The molecule has 0 unspecified atom stereocenters. The monoisotopic (exact) mass is 923 g/mol. The minimum atomic E-state index is -4.90. The van der Waals surface area contributed by atoms with Crippen LogP contribution >= 0.6 is 11.3 Å². The van der Waals surface area contributed by atoms with E-state index in [1.165, 1.54) is 46.9 Å². The Hall–Kier alpha value is -5.89. The molecule has 8 rings (SSSR count). The summed E-state index contributed by atoms with van der Waals surface area (Å²) in [6.45, 7) is 9.29. The second-order valence-corrected chi connectivity index (χ2v) is 20.3. The summed E-state index contributed by atoms with van der Waals surface area (Å²) in [5.41, 5.74) is -0.763. The highest BCUT2D eigenvalue weighted by Crippen LogP contribution is 2.57. The third kappa shape index (κ3) is 9.06. The number of thiazole rings is 1. The van der Waals surface area contributed by atoms with Crippen molar-refractivity contribution in [1.82, 2.24) is 24.6 Å². The molecular formula is C44H44F3N5O10S2. The number of carbonyl (C=O) groups is 4. The van der Waals surface area contributed by atoms with Crippen molar-refractivity contribution in [2.75, 3.05) is 13.7 Å². The molecule has 3 aliphatic rings. The molecule has 4 heterocycles. The Bertz CT molecular complexity index is 2780. The fourth-order valence-electron chi connectivity index (χ4n) is 8.22. The first-order valence-corrected chi connectivity index (χ1v) is 22.9. The van der Waals surface area contributed by atoms with Crippen molar-refractivity contribution in [3.63, 3.8) is 0 Å². The zero-order valence-corrected chi connectivity index (χ0v) is 36.8. The molecule has 2 saturated carbocycles. The average molecular weight is 924 g/mol. The molecule has 64 heavy (non-hydrogen) atoms. The van der Waals surface area contributed by atoms with E-state index in [1.807, 2.05) is 20.8 Å². The molecule has 1 aliphatic heterocycles. The molecule has 2 aliphatic carbocycles. The lowest BCUT2D eigenvalue weighted by Crippen LogP contribution is -2.48. The number of carbonyl (C=O) groups excluding carboxylic acids is 4. The van der Waals surface area contributed by atoms with Crippen LogP contribution in [-0.4, -0.2) is 89.2 Å². The summed E-state index contributed by atoms with van der Waals surface area (Å²) in [5.74, 6) is -4.04. The van der Waals surface area contributed by atoms with Crippen molar-refractivity contribution >= 4 is 67.0 Å². The van der Waals surface area contributed by atoms with E-state index in [-0.39, 0.29) is 55.2 Å². The number of Topliss-reactive ketones (excluding diaryl/α,β-unsaturated/α-hetero) is 1. The van der Waals surface area contributed by atoms with E-state index in [0.717, 1.165) is 12.1 Å². The normalized spacial score (nSPS) is 21.7. The van der Waals surface area contributed by atoms with Crippen LogP contribution in [-0.2, 0) is 35.6 Å². The maximum Gasteiger partial charge on any atom is 0.573 e. The number of nitrogens with one attached hydrogen (secondary N) is 1. The van der Waals surface area contributed by atoms with Crippen LogP contribution in [0.25, 0.3) is 33.5 Å². The minimum absolute atomic E-state index is 0.0575. The number of halogens is 3. The number of allylic oxidation sites excluding steroid dienone is 1. The molecule has 3 aromatic heterocycles. The van der Waals surface area contributed by atoms with Gasteiger partial charge >= 0.3 is 12.3 Å². The third-order valence-electron chi connectivity index (χ3n) is 12.0. The molecule has 2 amide bonds. The standard InChI is InChI=1S/C44H44F3N5O10S2/c1-6-24-19-43(24,41(56)51-64(57,58)27-15-16-27)20-32(53)31-17-26(21-52(31)39(54)29(42(2,3)4)18-34-48-30(22-63-34)40(55)59-5)60-38-36-35(28-9-7-8-10-33(28)61-36)49-37(50-38)23-11-13-25(14-12-23)62-44(45,46)47/h6-14,22,24,26-27,29,31H,1,15-21H2,2-5H3,(H,51,56)/t24-,26-,29-,31+,43-/m1/s1. The van der Waals surface area contributed by atoms with Crippen molar-refractivity contribution in [3.05, 3.63) is 77.3 Å². The topological polar surface area (TPSA) is 197 Å². The predicted octanol–water partition coefficient (Wildman–Crippen LogP) is 7.20. The third-order valence-corrected chi connectivity index (χ3v) is 14.6. The summed E-state index contributed by atoms with van der Waals surface area (Å²) < 4.78 is 88.4. The Labute approximate surface area is 369 Å². The largest absolute Gasteiger partial charge is 0.573 e. The zero-order valence-electron chi connectivity index (χ0n) is 35.1. The number of nitrogens with zero attached hydrogens (tertiary/aromatic N) is 4. The van der Waals surface area contributed by atoms with Gasteiger partial charge in [-0.2, -0.15) is 4.98 Å². The SMILES string of the molecule is C=C[C@@H]1C[C@]1(CC(=O)[C@@H]1C[C@@H](Oc2nc(-c3ccc(OC(F)(F)F)cc3)nc3c2oc2ccccc23)CN1C(=O)[C@@H](Cc1nc(C(=O)OC)cs1)C(C)(C)C)C(=O)NS(=O)(=O)C1CC1. The van der Waals surface area contributed by atoms with Gasteiger partial charge in [-0.05, 0) is 67.0 Å². The summed E-state index contributed by atoms with van der Waals surface area (Å²) in [6.07, 6.45) is -3.58. The van der Waals surface area contributed by atoms with E-state index in [0.29, 0.717) is 39.9 Å². The summed E-state index contributed by atoms with van der Waals surface area (Å²) >= 11 is 1.19. The van der Waals surface area contributed by atoms with Crippen LogP contribution in [0.2, 0.25) is 0 Å². The van der Waals surface area contributed by atoms with Crippen LogP contribution in [0.1, 0.15) is 68.4 Å². The van der Waals surface area contributed by atoms with Gasteiger partial charge in [-0.25, -0.2) is 23.2 Å². The molecule has 5 atom stereocenters. The van der Waals surface area contributed by atoms with E-state index in [1.54, 1.807) is 24.3 Å². The first-order chi connectivity index (χ1) is 30.2.